The number of ether oxygens (including phenoxy) is 3. The molecule has 3 aromatic carbocycles. The molecule has 0 radical (unpaired) electrons. The van der Waals surface area contributed by atoms with Gasteiger partial charge in [0, 0.05) is 12.1 Å². The van der Waals surface area contributed by atoms with E-state index in [4.69, 9.17) is 18.6 Å². The standard InChI is InChI=1S/C29H28N2O7/c1-4-19(2)20-9-11-23(12-10-20)36-18-24-13-14-28(37-24)29(32)30-21-15-22(31(33)34)17-25(16-21)38-27-8-6-5-7-26(27)35-3/h5-17,19H,4,18H2,1-3H3,(H,30,32). The first-order valence-corrected chi connectivity index (χ1v) is 12.1. The summed E-state index contributed by atoms with van der Waals surface area (Å²) in [6.07, 6.45) is 1.06. The summed E-state index contributed by atoms with van der Waals surface area (Å²) >= 11 is 0. The molecule has 1 heterocycles. The van der Waals surface area contributed by atoms with Crippen LogP contribution in [0, 0.1) is 10.1 Å². The van der Waals surface area contributed by atoms with Gasteiger partial charge in [0.05, 0.1) is 23.8 Å². The number of carbonyl (C=O) groups is 1. The molecule has 4 aromatic rings. The summed E-state index contributed by atoms with van der Waals surface area (Å²) in [6.45, 7) is 4.46. The van der Waals surface area contributed by atoms with Gasteiger partial charge < -0.3 is 23.9 Å². The third kappa shape index (κ3) is 6.50. The number of para-hydroxylation sites is 2. The van der Waals surface area contributed by atoms with E-state index >= 15 is 0 Å². The number of carbonyl (C=O) groups excluding carboxylic acids is 1. The SMILES string of the molecule is CCC(C)c1ccc(OCc2ccc(C(=O)Nc3cc(Oc4ccccc4OC)cc([N+](=O)[O-])c3)o2)cc1. The number of amides is 1. The van der Waals surface area contributed by atoms with Crippen LogP contribution in [0.1, 0.15) is 48.1 Å². The maximum absolute atomic E-state index is 12.8. The van der Waals surface area contributed by atoms with Crippen molar-refractivity contribution < 1.29 is 28.3 Å². The van der Waals surface area contributed by atoms with Crippen molar-refractivity contribution in [2.24, 2.45) is 0 Å². The second-order valence-electron chi connectivity index (χ2n) is 8.61. The molecular formula is C29H28N2O7. The largest absolute Gasteiger partial charge is 0.493 e. The van der Waals surface area contributed by atoms with Crippen molar-refractivity contribution in [2.45, 2.75) is 32.8 Å². The summed E-state index contributed by atoms with van der Waals surface area (Å²) in [6, 6.07) is 21.9. The monoisotopic (exact) mass is 516 g/mol. The summed E-state index contributed by atoms with van der Waals surface area (Å²) in [5.41, 5.74) is 1.17. The van der Waals surface area contributed by atoms with Crippen LogP contribution in [-0.4, -0.2) is 17.9 Å². The molecule has 1 amide bonds. The number of anilines is 1. The summed E-state index contributed by atoms with van der Waals surface area (Å²) in [4.78, 5) is 23.7. The molecule has 0 fully saturated rings. The lowest BCUT2D eigenvalue weighted by Crippen LogP contribution is -2.11. The smallest absolute Gasteiger partial charge is 0.291 e. The average molecular weight is 517 g/mol. The molecule has 38 heavy (non-hydrogen) atoms. The first kappa shape index (κ1) is 26.3. The molecule has 1 atom stereocenters. The highest BCUT2D eigenvalue weighted by molar-refractivity contribution is 6.02. The number of rotatable bonds is 11. The van der Waals surface area contributed by atoms with Crippen LogP contribution in [0.15, 0.2) is 83.3 Å². The molecular weight excluding hydrogens is 488 g/mol. The Bertz CT molecular complexity index is 1410. The number of nitrogens with one attached hydrogen (secondary N) is 1. The van der Waals surface area contributed by atoms with Crippen LogP contribution in [0.3, 0.4) is 0 Å². The first-order valence-electron chi connectivity index (χ1n) is 12.1. The second-order valence-corrected chi connectivity index (χ2v) is 8.61. The van der Waals surface area contributed by atoms with Crippen molar-refractivity contribution in [3.05, 3.63) is 106 Å². The number of hydrogen-bond donors (Lipinski definition) is 1. The van der Waals surface area contributed by atoms with Gasteiger partial charge in [0.25, 0.3) is 11.6 Å². The minimum atomic E-state index is -0.571. The Morgan fingerprint density at radius 3 is 2.42 bits per heavy atom. The topological polar surface area (TPSA) is 113 Å². The highest BCUT2D eigenvalue weighted by Crippen LogP contribution is 2.34. The van der Waals surface area contributed by atoms with Crippen molar-refractivity contribution in [3.63, 3.8) is 0 Å². The predicted molar refractivity (Wildman–Crippen MR) is 142 cm³/mol. The molecule has 0 saturated carbocycles. The predicted octanol–water partition coefficient (Wildman–Crippen LogP) is 7.33. The number of non-ortho nitro benzene ring substituents is 1. The Morgan fingerprint density at radius 1 is 1.00 bits per heavy atom. The van der Waals surface area contributed by atoms with Gasteiger partial charge >= 0.3 is 0 Å². The average Bonchev–Trinajstić information content (AvgIpc) is 3.41. The van der Waals surface area contributed by atoms with E-state index in [1.165, 1.54) is 36.9 Å². The minimum Gasteiger partial charge on any atom is -0.493 e. The van der Waals surface area contributed by atoms with E-state index in [1.807, 2.05) is 24.3 Å². The number of furan rings is 1. The lowest BCUT2D eigenvalue weighted by Gasteiger charge is -2.11. The third-order valence-corrected chi connectivity index (χ3v) is 5.98. The summed E-state index contributed by atoms with van der Waals surface area (Å²) in [7, 11) is 1.49. The van der Waals surface area contributed by atoms with E-state index in [1.54, 1.807) is 30.3 Å². The molecule has 0 bridgehead atoms. The molecule has 1 unspecified atom stereocenters. The van der Waals surface area contributed by atoms with Gasteiger partial charge in [-0.25, -0.2) is 0 Å². The van der Waals surface area contributed by atoms with Crippen LogP contribution in [0.25, 0.3) is 0 Å². The van der Waals surface area contributed by atoms with Gasteiger partial charge in [-0.05, 0) is 54.3 Å². The number of nitro benzene ring substituents is 1. The van der Waals surface area contributed by atoms with Gasteiger partial charge in [-0.3, -0.25) is 14.9 Å². The number of nitrogens with zero attached hydrogens (tertiary/aromatic N) is 1. The quantitative estimate of drug-likeness (QED) is 0.164. The lowest BCUT2D eigenvalue weighted by atomic mass is 9.99. The fraction of sp³-hybridized carbons (Fsp3) is 0.207. The van der Waals surface area contributed by atoms with Gasteiger partial charge in [-0.2, -0.15) is 0 Å². The molecule has 196 valence electrons. The molecule has 0 aliphatic heterocycles. The summed E-state index contributed by atoms with van der Waals surface area (Å²) < 4.78 is 22.5. The zero-order valence-electron chi connectivity index (χ0n) is 21.3. The maximum Gasteiger partial charge on any atom is 0.291 e. The van der Waals surface area contributed by atoms with Crippen LogP contribution in [0.5, 0.6) is 23.0 Å². The Morgan fingerprint density at radius 2 is 1.74 bits per heavy atom. The molecule has 0 aliphatic carbocycles. The van der Waals surface area contributed by atoms with Gasteiger partial charge in [-0.1, -0.05) is 38.1 Å². The molecule has 0 aliphatic rings. The van der Waals surface area contributed by atoms with Crippen LogP contribution < -0.4 is 19.5 Å². The molecule has 9 nitrogen and oxygen atoms in total. The Labute approximate surface area is 220 Å². The van der Waals surface area contributed by atoms with E-state index in [9.17, 15) is 14.9 Å². The van der Waals surface area contributed by atoms with Crippen molar-refractivity contribution in [1.82, 2.24) is 0 Å². The number of nitro groups is 1. The van der Waals surface area contributed by atoms with Crippen LogP contribution in [0.4, 0.5) is 11.4 Å². The van der Waals surface area contributed by atoms with Gasteiger partial charge in [0.1, 0.15) is 23.9 Å². The molecule has 1 N–H and O–H groups in total. The molecule has 4 rings (SSSR count). The Balaban J connectivity index is 1.43. The van der Waals surface area contributed by atoms with Crippen molar-refractivity contribution in [2.75, 3.05) is 12.4 Å². The highest BCUT2D eigenvalue weighted by Gasteiger charge is 2.17. The van der Waals surface area contributed by atoms with E-state index in [0.29, 0.717) is 28.9 Å². The van der Waals surface area contributed by atoms with Crippen LogP contribution in [0.2, 0.25) is 0 Å². The number of methoxy groups -OCH3 is 1. The lowest BCUT2D eigenvalue weighted by molar-refractivity contribution is -0.384. The van der Waals surface area contributed by atoms with Crippen molar-refractivity contribution in [3.8, 4) is 23.0 Å². The second kappa shape index (κ2) is 12.0. The summed E-state index contributed by atoms with van der Waals surface area (Å²) in [5, 5.41) is 14.1. The number of hydrogen-bond acceptors (Lipinski definition) is 7. The van der Waals surface area contributed by atoms with Crippen molar-refractivity contribution in [1.29, 1.82) is 0 Å². The van der Waals surface area contributed by atoms with E-state index in [2.05, 4.69) is 19.2 Å². The zero-order chi connectivity index (χ0) is 27.1. The molecule has 1 aromatic heterocycles. The Kier molecular flexibility index (Phi) is 8.27. The van der Waals surface area contributed by atoms with E-state index in [0.717, 1.165) is 6.42 Å². The molecule has 0 saturated heterocycles. The van der Waals surface area contributed by atoms with Gasteiger partial charge in [0.2, 0.25) is 0 Å². The van der Waals surface area contributed by atoms with Crippen molar-refractivity contribution >= 4 is 17.3 Å². The van der Waals surface area contributed by atoms with Crippen LogP contribution in [-0.2, 0) is 6.61 Å². The Hall–Kier alpha value is -4.79. The fourth-order valence-corrected chi connectivity index (χ4v) is 3.70. The maximum atomic E-state index is 12.8. The van der Waals surface area contributed by atoms with Gasteiger partial charge in [0.15, 0.2) is 17.3 Å². The van der Waals surface area contributed by atoms with E-state index < -0.39 is 10.8 Å². The highest BCUT2D eigenvalue weighted by atomic mass is 16.6. The third-order valence-electron chi connectivity index (χ3n) is 5.98. The fourth-order valence-electron chi connectivity index (χ4n) is 3.70. The normalized spacial score (nSPS) is 11.4. The minimum absolute atomic E-state index is 0.0365. The van der Waals surface area contributed by atoms with E-state index in [-0.39, 0.29) is 29.5 Å². The zero-order valence-corrected chi connectivity index (χ0v) is 21.3. The summed E-state index contributed by atoms with van der Waals surface area (Å²) in [5.74, 6) is 2.09. The first-order chi connectivity index (χ1) is 18.4. The number of benzene rings is 3. The molecule has 0 spiro atoms. The van der Waals surface area contributed by atoms with Crippen LogP contribution >= 0.6 is 0 Å². The molecule has 9 heteroatoms. The van der Waals surface area contributed by atoms with Gasteiger partial charge in [-0.15, -0.1) is 0 Å².